The fraction of sp³-hybridized carbons (Fsp3) is 0.198. The fourth-order valence-corrected chi connectivity index (χ4v) is 15.0. The van der Waals surface area contributed by atoms with Crippen molar-refractivity contribution < 1.29 is 129 Å². The zero-order chi connectivity index (χ0) is 108. The van der Waals surface area contributed by atoms with Crippen LogP contribution in [0.5, 0.6) is 0 Å². The van der Waals surface area contributed by atoms with Gasteiger partial charge in [-0.2, -0.15) is 0 Å². The lowest BCUT2D eigenvalue weighted by Gasteiger charge is -2.22. The van der Waals surface area contributed by atoms with Gasteiger partial charge in [0.2, 0.25) is 0 Å². The number of aromatic carboxylic acids is 1. The molecule has 0 aliphatic carbocycles. The largest absolute Gasteiger partial charge is 0.478 e. The molecule has 8 aromatic rings. The van der Waals surface area contributed by atoms with E-state index in [2.05, 4.69) is 20.1 Å². The van der Waals surface area contributed by atoms with E-state index in [1.54, 1.807) is 111 Å². The first-order valence-electron chi connectivity index (χ1n) is 41.9. The minimum atomic E-state index is -4.21. The number of aryl methyl sites for hydroxylation is 1. The highest BCUT2D eigenvalue weighted by Gasteiger charge is 2.40. The number of hydrogen-bond donors (Lipinski definition) is 7. The van der Waals surface area contributed by atoms with Crippen LogP contribution in [0.1, 0.15) is 113 Å². The summed E-state index contributed by atoms with van der Waals surface area (Å²) < 4.78 is 44.3. The lowest BCUT2D eigenvalue weighted by molar-refractivity contribution is -0.394. The molecule has 8 aromatic carbocycles. The van der Waals surface area contributed by atoms with Gasteiger partial charge in [0.05, 0.1) is 82.1 Å². The van der Waals surface area contributed by atoms with E-state index in [4.69, 9.17) is 31.8 Å². The number of carbonyl (C=O) groups is 17. The molecule has 0 saturated heterocycles. The van der Waals surface area contributed by atoms with E-state index < -0.39 is 159 Å². The molecule has 14 amide bonds. The van der Waals surface area contributed by atoms with Crippen LogP contribution in [0.15, 0.2) is 232 Å². The van der Waals surface area contributed by atoms with Crippen LogP contribution < -0.4 is 66.9 Å². The van der Waals surface area contributed by atoms with Crippen molar-refractivity contribution in [3.63, 3.8) is 0 Å². The maximum absolute atomic E-state index is 13.7. The van der Waals surface area contributed by atoms with Crippen molar-refractivity contribution in [3.8, 4) is 0 Å². The van der Waals surface area contributed by atoms with Crippen LogP contribution >= 0.6 is 0 Å². The predicted molar refractivity (Wildman–Crippen MR) is 528 cm³/mol. The van der Waals surface area contributed by atoms with E-state index in [9.17, 15) is 130 Å². The Morgan fingerprint density at radius 3 is 0.945 bits per heavy atom. The van der Waals surface area contributed by atoms with E-state index in [0.717, 1.165) is 88.5 Å². The van der Waals surface area contributed by atoms with Gasteiger partial charge in [-0.3, -0.25) is 113 Å². The van der Waals surface area contributed by atoms with Gasteiger partial charge in [0.15, 0.2) is 0 Å². The lowest BCUT2D eigenvalue weighted by atomic mass is 10.1. The second-order valence-corrected chi connectivity index (χ2v) is 35.7. The molecule has 0 atom stereocenters. The number of carbonyl (C=O) groups excluding carboxylic acids is 16. The number of fused-ring (bicyclic) bond motifs is 1. The number of nitrogens with two attached hydrogens (primary N) is 3. The van der Waals surface area contributed by atoms with Crippen molar-refractivity contribution in [2.75, 3.05) is 81.0 Å². The number of nitro benzene ring substituents is 4. The van der Waals surface area contributed by atoms with Gasteiger partial charge in [0.1, 0.15) is 11.2 Å². The molecule has 15 rings (SSSR count). The Balaban J connectivity index is 0.000000217. The SMILES string of the molecule is C.CC(C)(C)OC(=O)Nc1cc(N)cc(N)c1.CC1=CC(=O)N(c2cc(C)cc(N3C(=O)C=C(C)C3=O)c2)C1=O.CC1=CC(=O)N(c2cc(NC(=O)OC(C)(C)C)cc(N3C(=O)C=C(C)C3=O)c2)C1=O.CC1=CC(=O)N(c2cc(NS(=O)(=O)c3cccc4c(N(C)C)cccc34)cc(N3C(=O)C=C(C)C3=O)c2)C1=O.CC1=CC(=O)OC1=O.Nc1cc([N+](=O)[O-])cc([N+](=O)[O-])c1.O=C(O)c1cc([N+](=O)[O-])cc([N+](=O)[O-])c1. The molecule has 145 heavy (non-hydrogen) atoms. The van der Waals surface area contributed by atoms with Crippen LogP contribution in [0.25, 0.3) is 10.8 Å². The molecular weight excluding hydrogens is 1920 g/mol. The summed E-state index contributed by atoms with van der Waals surface area (Å²) in [6, 6.07) is 33.2. The Labute approximate surface area is 823 Å². The van der Waals surface area contributed by atoms with E-state index in [-0.39, 0.29) is 85.8 Å². The van der Waals surface area contributed by atoms with Crippen LogP contribution in [0.2, 0.25) is 0 Å². The topological polar surface area (TPSA) is 682 Å². The number of amides is 14. The molecule has 0 unspecified atom stereocenters. The van der Waals surface area contributed by atoms with Gasteiger partial charge >= 0.3 is 30.1 Å². The van der Waals surface area contributed by atoms with E-state index >= 15 is 0 Å². The van der Waals surface area contributed by atoms with Crippen LogP contribution in [0.3, 0.4) is 0 Å². The van der Waals surface area contributed by atoms with Crippen molar-refractivity contribution in [2.24, 2.45) is 0 Å². The number of sulfonamides is 1. The number of carboxylic acid groups (broad SMARTS) is 1. The highest BCUT2D eigenvalue weighted by Crippen LogP contribution is 2.40. The normalized spacial score (nSPS) is 14.7. The zero-order valence-corrected chi connectivity index (χ0v) is 80.0. The molecule has 0 fully saturated rings. The smallest absolute Gasteiger partial charge is 0.412 e. The molecular formula is C96H93N17O31S. The number of nitro groups is 4. The maximum atomic E-state index is 13.7. The van der Waals surface area contributed by atoms with Crippen molar-refractivity contribution in [1.29, 1.82) is 0 Å². The number of ether oxygens (including phenoxy) is 3. The number of benzene rings is 8. The Morgan fingerprint density at radius 2 is 0.676 bits per heavy atom. The summed E-state index contributed by atoms with van der Waals surface area (Å²) in [5.74, 6) is -8.85. The van der Waals surface area contributed by atoms with Gasteiger partial charge in [-0.1, -0.05) is 31.7 Å². The first kappa shape index (κ1) is 111. The second kappa shape index (κ2) is 44.7. The lowest BCUT2D eigenvalue weighted by Crippen LogP contribution is -2.33. The molecule has 0 saturated carbocycles. The van der Waals surface area contributed by atoms with Crippen molar-refractivity contribution in [2.45, 2.75) is 120 Å². The van der Waals surface area contributed by atoms with Gasteiger partial charge < -0.3 is 41.4 Å². The first-order valence-corrected chi connectivity index (χ1v) is 43.4. The molecule has 49 heteroatoms. The third kappa shape index (κ3) is 27.4. The van der Waals surface area contributed by atoms with E-state index in [1.807, 2.05) is 31.1 Å². The number of anilines is 13. The summed E-state index contributed by atoms with van der Waals surface area (Å²) in [6.07, 6.45) is 7.10. The number of nitrogens with one attached hydrogen (secondary N) is 3. The molecule has 48 nitrogen and oxygen atoms in total. The summed E-state index contributed by atoms with van der Waals surface area (Å²) in [5.41, 5.74) is 18.7. The van der Waals surface area contributed by atoms with Gasteiger partial charge in [-0.15, -0.1) is 0 Å². The first-order chi connectivity index (χ1) is 66.9. The molecule has 0 bridgehead atoms. The summed E-state index contributed by atoms with van der Waals surface area (Å²) in [5, 5.41) is 56.0. The maximum Gasteiger partial charge on any atom is 0.412 e. The molecule has 0 aromatic heterocycles. The van der Waals surface area contributed by atoms with Crippen molar-refractivity contribution in [3.05, 3.63) is 279 Å². The molecule has 7 aliphatic heterocycles. The van der Waals surface area contributed by atoms with Crippen LogP contribution in [-0.2, 0) is 91.4 Å². The number of nitrogen functional groups attached to an aromatic ring is 3. The third-order valence-electron chi connectivity index (χ3n) is 19.9. The number of cyclic esters (lactones) is 2. The average molecular weight is 2010 g/mol. The monoisotopic (exact) mass is 2010 g/mol. The molecule has 0 radical (unpaired) electrons. The minimum Gasteiger partial charge on any atom is -0.478 e. The number of imide groups is 6. The zero-order valence-electron chi connectivity index (χ0n) is 79.2. The Kier molecular flexibility index (Phi) is 34.2. The number of esters is 2. The summed E-state index contributed by atoms with van der Waals surface area (Å²) >= 11 is 0. The fourth-order valence-electron chi connectivity index (χ4n) is 13.7. The minimum absolute atomic E-state index is 0. The number of nitrogens with zero attached hydrogens (tertiary/aromatic N) is 11. The Hall–Kier alpha value is -19.3. The van der Waals surface area contributed by atoms with Gasteiger partial charge in [-0.05, 0) is 187 Å². The molecule has 7 heterocycles. The van der Waals surface area contributed by atoms with E-state index in [1.165, 1.54) is 114 Å². The van der Waals surface area contributed by atoms with Gasteiger partial charge in [0, 0.05) is 165 Å². The highest BCUT2D eigenvalue weighted by molar-refractivity contribution is 7.93. The molecule has 10 N–H and O–H groups in total. The third-order valence-corrected chi connectivity index (χ3v) is 21.4. The molecule has 0 spiro atoms. The average Bonchev–Trinajstić information content (AvgIpc) is 1.62. The van der Waals surface area contributed by atoms with E-state index in [0.29, 0.717) is 56.6 Å². The summed E-state index contributed by atoms with van der Waals surface area (Å²) in [4.78, 5) is 248. The number of hydrogen-bond acceptors (Lipinski definition) is 34. The predicted octanol–water partition coefficient (Wildman–Crippen LogP) is 12.8. The van der Waals surface area contributed by atoms with Gasteiger partial charge in [-0.25, -0.2) is 61.8 Å². The number of carboxylic acids is 1. The van der Waals surface area contributed by atoms with Gasteiger partial charge in [0.25, 0.3) is 104 Å². The summed E-state index contributed by atoms with van der Waals surface area (Å²) in [6.45, 7) is 22.9. The standard InChI is InChI=1S/C28H24N4O6S.C21H21N3O6.C17H14N2O4.C11H17N3O2.C7H4N2O6.C6H5N3O4.C5H4O3.CH4/c1-16-11-25(33)31(27(16)35)19-13-18(14-20(15-19)32-26(34)12-17(2)28(32)36)29-39(37,38)24-10-6-7-21-22(24)8-5-9-23(21)30(3)4;1-11-6-16(25)23(18(11)27)14-8-13(22-20(29)30-21(3,4)5)9-15(10-14)24-17(26)7-12(2)19(24)28;1-9-4-12(18-14(20)6-10(2)16(18)22)8-13(5-9)19-15(21)7-11(3)17(19)23;1-11(2,3)16-10(15)14-9-5-7(12)4-8(13)6-9;10-7(11)4-1-5(8(12)13)3-6(2-4)9(14)15;7-4-1-5(8(10)11)3-6(2-4)9(12)13;1-3-2-4(6)8-5(3)7;/h5-15,29H,1-4H3;6-10H,1-5H3,(H,22,29);4-8H,1-3H3;4-6H,12-13H2,1-3H3,(H,14,15);1-3H,(H,10,11);1-3H,7H2;2H,1H3;1H4. The summed E-state index contributed by atoms with van der Waals surface area (Å²) in [7, 11) is -0.495. The van der Waals surface area contributed by atoms with Crippen molar-refractivity contribution >= 4 is 218 Å². The van der Waals surface area contributed by atoms with Crippen molar-refractivity contribution in [1.82, 2.24) is 0 Å². The second-order valence-electron chi connectivity index (χ2n) is 34.0. The number of rotatable bonds is 17. The number of non-ortho nitro benzene ring substituents is 4. The molecule has 7 aliphatic rings. The highest BCUT2D eigenvalue weighted by atomic mass is 32.2. The Morgan fingerprint density at radius 1 is 0.386 bits per heavy atom. The van der Waals surface area contributed by atoms with Crippen LogP contribution in [0.4, 0.5) is 106 Å². The Bertz CT molecular complexity index is 6990. The molecule has 754 valence electrons. The van der Waals surface area contributed by atoms with Crippen LogP contribution in [-0.4, -0.2) is 159 Å². The quantitative estimate of drug-likeness (QED) is 0.00846. The van der Waals surface area contributed by atoms with Crippen LogP contribution in [0, 0.1) is 47.4 Å².